The van der Waals surface area contributed by atoms with Crippen LogP contribution in [0, 0.1) is 5.41 Å². The molecule has 0 aliphatic rings. The molecule has 4 heteroatoms. The zero-order chi connectivity index (χ0) is 8.85. The molecule has 0 atom stereocenters. The van der Waals surface area contributed by atoms with Crippen molar-refractivity contribution in [2.45, 2.75) is 13.8 Å². The molecule has 0 saturated heterocycles. The number of nitrogens with two attached hydrogens (primary N) is 1. The Bertz CT molecular complexity index is 197. The van der Waals surface area contributed by atoms with E-state index < -0.39 is 5.97 Å². The highest BCUT2D eigenvalue weighted by atomic mass is 16.5. The molecule has 0 aliphatic carbocycles. The van der Waals surface area contributed by atoms with Crippen LogP contribution in [0.3, 0.4) is 0 Å². The van der Waals surface area contributed by atoms with Crippen LogP contribution in [-0.2, 0) is 9.53 Å². The summed E-state index contributed by atoms with van der Waals surface area (Å²) in [5.41, 5.74) is 5.73. The van der Waals surface area contributed by atoms with E-state index in [9.17, 15) is 4.79 Å². The van der Waals surface area contributed by atoms with E-state index in [1.54, 1.807) is 13.8 Å². The van der Waals surface area contributed by atoms with Gasteiger partial charge in [0.05, 0.1) is 6.61 Å². The van der Waals surface area contributed by atoms with Gasteiger partial charge in [-0.3, -0.25) is 0 Å². The third-order valence-electron chi connectivity index (χ3n) is 1.14. The Morgan fingerprint density at radius 3 is 2.64 bits per heavy atom. The maximum atomic E-state index is 10.8. The number of ether oxygens (including phenoxy) is 1. The minimum atomic E-state index is -0.562. The van der Waals surface area contributed by atoms with Crippen LogP contribution in [0.2, 0.25) is 0 Å². The molecule has 0 unspecified atom stereocenters. The first-order chi connectivity index (χ1) is 5.13. The number of rotatable bonds is 3. The monoisotopic (exact) mass is 156 g/mol. The SMILES string of the molecule is CCOC(=O)C(N)=C(C)C=N. The highest BCUT2D eigenvalue weighted by molar-refractivity contribution is 5.94. The van der Waals surface area contributed by atoms with Crippen molar-refractivity contribution in [1.82, 2.24) is 0 Å². The zero-order valence-corrected chi connectivity index (χ0v) is 6.68. The van der Waals surface area contributed by atoms with Crippen LogP contribution in [0.4, 0.5) is 0 Å². The molecule has 4 nitrogen and oxygen atoms in total. The van der Waals surface area contributed by atoms with Crippen LogP contribution in [-0.4, -0.2) is 18.8 Å². The van der Waals surface area contributed by atoms with Crippen LogP contribution in [0.25, 0.3) is 0 Å². The van der Waals surface area contributed by atoms with Gasteiger partial charge < -0.3 is 15.9 Å². The first-order valence-corrected chi connectivity index (χ1v) is 3.27. The van der Waals surface area contributed by atoms with Gasteiger partial charge in [0, 0.05) is 6.21 Å². The third-order valence-corrected chi connectivity index (χ3v) is 1.14. The summed E-state index contributed by atoms with van der Waals surface area (Å²) in [5, 5.41) is 6.79. The fourth-order valence-electron chi connectivity index (χ4n) is 0.448. The summed E-state index contributed by atoms with van der Waals surface area (Å²) in [7, 11) is 0. The smallest absolute Gasteiger partial charge is 0.354 e. The minimum Gasteiger partial charge on any atom is -0.461 e. The van der Waals surface area contributed by atoms with Gasteiger partial charge in [0.25, 0.3) is 0 Å². The Balaban J connectivity index is 4.33. The lowest BCUT2D eigenvalue weighted by Crippen LogP contribution is -2.16. The van der Waals surface area contributed by atoms with Gasteiger partial charge in [0.15, 0.2) is 0 Å². The van der Waals surface area contributed by atoms with E-state index in [-0.39, 0.29) is 5.70 Å². The average Bonchev–Trinajstić information content (AvgIpc) is 2.02. The molecule has 0 aromatic carbocycles. The highest BCUT2D eigenvalue weighted by Crippen LogP contribution is 1.96. The van der Waals surface area contributed by atoms with Crippen LogP contribution in [0.5, 0.6) is 0 Å². The molecular formula is C7H12N2O2. The lowest BCUT2D eigenvalue weighted by Gasteiger charge is -2.01. The second kappa shape index (κ2) is 4.49. The summed E-state index contributed by atoms with van der Waals surface area (Å²) in [5.74, 6) is -0.562. The van der Waals surface area contributed by atoms with Crippen molar-refractivity contribution in [2.24, 2.45) is 5.73 Å². The van der Waals surface area contributed by atoms with E-state index in [4.69, 9.17) is 11.1 Å². The van der Waals surface area contributed by atoms with Crippen molar-refractivity contribution in [2.75, 3.05) is 6.61 Å². The van der Waals surface area contributed by atoms with Gasteiger partial charge in [-0.1, -0.05) is 0 Å². The summed E-state index contributed by atoms with van der Waals surface area (Å²) in [6.07, 6.45) is 1.02. The van der Waals surface area contributed by atoms with Gasteiger partial charge in [0.1, 0.15) is 5.70 Å². The lowest BCUT2D eigenvalue weighted by molar-refractivity contribution is -0.138. The summed E-state index contributed by atoms with van der Waals surface area (Å²) in [6, 6.07) is 0. The number of allylic oxidation sites excluding steroid dienone is 1. The predicted octanol–water partition coefficient (Wildman–Crippen LogP) is 0.432. The fourth-order valence-corrected chi connectivity index (χ4v) is 0.448. The second-order valence-electron chi connectivity index (χ2n) is 1.96. The molecule has 0 aliphatic heterocycles. The third kappa shape index (κ3) is 2.84. The number of esters is 1. The van der Waals surface area contributed by atoms with Crippen LogP contribution >= 0.6 is 0 Å². The number of carbonyl (C=O) groups is 1. The standard InChI is InChI=1S/C7H12N2O2/c1-3-11-7(10)6(9)5(2)4-8/h4,8H,3,9H2,1-2H3. The first-order valence-electron chi connectivity index (χ1n) is 3.27. The number of hydrogen-bond acceptors (Lipinski definition) is 4. The second-order valence-corrected chi connectivity index (χ2v) is 1.96. The summed E-state index contributed by atoms with van der Waals surface area (Å²) in [4.78, 5) is 10.8. The fraction of sp³-hybridized carbons (Fsp3) is 0.429. The van der Waals surface area contributed by atoms with Gasteiger partial charge in [-0.05, 0) is 19.4 Å². The van der Waals surface area contributed by atoms with E-state index in [0.717, 1.165) is 6.21 Å². The molecule has 0 spiro atoms. The Labute approximate surface area is 65.5 Å². The van der Waals surface area contributed by atoms with Crippen molar-refractivity contribution >= 4 is 12.2 Å². The first kappa shape index (κ1) is 9.68. The molecule has 0 fully saturated rings. The topological polar surface area (TPSA) is 76.2 Å². The van der Waals surface area contributed by atoms with Crippen molar-refractivity contribution < 1.29 is 9.53 Å². The molecule has 0 heterocycles. The van der Waals surface area contributed by atoms with E-state index in [1.807, 2.05) is 0 Å². The maximum Gasteiger partial charge on any atom is 0.354 e. The van der Waals surface area contributed by atoms with Gasteiger partial charge in [0.2, 0.25) is 0 Å². The molecule has 0 saturated carbocycles. The van der Waals surface area contributed by atoms with Crippen LogP contribution in [0.15, 0.2) is 11.3 Å². The van der Waals surface area contributed by atoms with Gasteiger partial charge >= 0.3 is 5.97 Å². The normalized spacial score (nSPS) is 11.8. The lowest BCUT2D eigenvalue weighted by atomic mass is 10.2. The summed E-state index contributed by atoms with van der Waals surface area (Å²) >= 11 is 0. The molecule has 0 amide bonds. The molecule has 0 radical (unpaired) electrons. The van der Waals surface area contributed by atoms with Gasteiger partial charge in [-0.2, -0.15) is 0 Å². The van der Waals surface area contributed by atoms with Crippen molar-refractivity contribution in [3.05, 3.63) is 11.3 Å². The van der Waals surface area contributed by atoms with Crippen molar-refractivity contribution in [3.63, 3.8) is 0 Å². The van der Waals surface area contributed by atoms with Crippen molar-refractivity contribution in [1.29, 1.82) is 5.41 Å². The van der Waals surface area contributed by atoms with E-state index in [0.29, 0.717) is 12.2 Å². The largest absolute Gasteiger partial charge is 0.461 e. The molecular weight excluding hydrogens is 144 g/mol. The number of carbonyl (C=O) groups excluding carboxylic acids is 1. The van der Waals surface area contributed by atoms with Gasteiger partial charge in [-0.15, -0.1) is 0 Å². The number of hydrogen-bond donors (Lipinski definition) is 2. The Kier molecular flexibility index (Phi) is 3.95. The Morgan fingerprint density at radius 2 is 2.27 bits per heavy atom. The van der Waals surface area contributed by atoms with Crippen LogP contribution in [0.1, 0.15) is 13.8 Å². The van der Waals surface area contributed by atoms with Crippen molar-refractivity contribution in [3.8, 4) is 0 Å². The Morgan fingerprint density at radius 1 is 1.73 bits per heavy atom. The predicted molar refractivity (Wildman–Crippen MR) is 42.3 cm³/mol. The average molecular weight is 156 g/mol. The molecule has 0 aromatic heterocycles. The minimum absolute atomic E-state index is 0.00171. The molecule has 3 N–H and O–H groups in total. The molecule has 62 valence electrons. The molecule has 11 heavy (non-hydrogen) atoms. The maximum absolute atomic E-state index is 10.8. The van der Waals surface area contributed by atoms with E-state index in [2.05, 4.69) is 4.74 Å². The highest BCUT2D eigenvalue weighted by Gasteiger charge is 2.07. The van der Waals surface area contributed by atoms with E-state index in [1.165, 1.54) is 0 Å². The van der Waals surface area contributed by atoms with E-state index >= 15 is 0 Å². The Hall–Kier alpha value is -1.32. The zero-order valence-electron chi connectivity index (χ0n) is 6.68. The molecule has 0 bridgehead atoms. The van der Waals surface area contributed by atoms with Crippen LogP contribution < -0.4 is 5.73 Å². The quantitative estimate of drug-likeness (QED) is 0.353. The summed E-state index contributed by atoms with van der Waals surface area (Å²) in [6.45, 7) is 3.58. The molecule has 0 aromatic rings. The van der Waals surface area contributed by atoms with Gasteiger partial charge in [-0.25, -0.2) is 4.79 Å². The molecule has 0 rings (SSSR count). The summed E-state index contributed by atoms with van der Waals surface area (Å²) < 4.78 is 4.60. The number of nitrogens with one attached hydrogen (secondary N) is 1.